The topological polar surface area (TPSA) is 77.9 Å². The van der Waals surface area contributed by atoms with Crippen molar-refractivity contribution in [3.63, 3.8) is 0 Å². The van der Waals surface area contributed by atoms with E-state index in [1.165, 1.54) is 30.8 Å². The number of carbonyl (C=O) groups is 1. The molecule has 0 spiro atoms. The normalized spacial score (nSPS) is 11.8. The fourth-order valence-electron chi connectivity index (χ4n) is 3.02. The van der Waals surface area contributed by atoms with Gasteiger partial charge in [0.1, 0.15) is 11.0 Å². The number of aliphatic hydroxyl groups is 1. The van der Waals surface area contributed by atoms with Crippen molar-refractivity contribution in [1.82, 2.24) is 4.98 Å². The standard InChI is InChI=1S/C22H21Cl2NO5S/c1-28-18-5-3-13(9-20(18)29-2)19(10-15-16(23)11-25-12-17(15)24)30-22(27)21-6-4-14(31-21)7-8-26/h3-6,9,11-12,19,26H,7-8,10H2,1-2H3/t19-/m0/s1. The van der Waals surface area contributed by atoms with Gasteiger partial charge in [-0.1, -0.05) is 29.3 Å². The smallest absolute Gasteiger partial charge is 0.348 e. The Bertz CT molecular complexity index is 1040. The van der Waals surface area contributed by atoms with E-state index in [2.05, 4.69) is 4.98 Å². The third-order valence-corrected chi connectivity index (χ3v) is 6.37. The molecule has 0 aliphatic rings. The summed E-state index contributed by atoms with van der Waals surface area (Å²) in [6.45, 7) is 0.0162. The highest BCUT2D eigenvalue weighted by Gasteiger charge is 2.24. The number of hydrogen-bond acceptors (Lipinski definition) is 7. The SMILES string of the molecule is COc1ccc([C@H](Cc2c(Cl)cncc2Cl)OC(=O)c2ccc(CCO)s2)cc1OC. The van der Waals surface area contributed by atoms with E-state index in [0.29, 0.717) is 44.0 Å². The lowest BCUT2D eigenvalue weighted by atomic mass is 10.0. The van der Waals surface area contributed by atoms with E-state index >= 15 is 0 Å². The number of methoxy groups -OCH3 is 2. The number of aromatic nitrogens is 1. The van der Waals surface area contributed by atoms with Crippen LogP contribution in [0.2, 0.25) is 10.0 Å². The molecule has 0 saturated heterocycles. The molecule has 164 valence electrons. The maximum atomic E-state index is 12.9. The van der Waals surface area contributed by atoms with Gasteiger partial charge in [0, 0.05) is 36.7 Å². The van der Waals surface area contributed by atoms with Gasteiger partial charge in [-0.3, -0.25) is 4.98 Å². The third-order valence-electron chi connectivity index (χ3n) is 4.59. The van der Waals surface area contributed by atoms with E-state index in [9.17, 15) is 4.79 Å². The average molecular weight is 482 g/mol. The number of thiophene rings is 1. The number of ether oxygens (including phenoxy) is 3. The van der Waals surface area contributed by atoms with Gasteiger partial charge in [0.2, 0.25) is 0 Å². The van der Waals surface area contributed by atoms with Crippen molar-refractivity contribution >= 4 is 40.5 Å². The third kappa shape index (κ3) is 5.68. The second-order valence-electron chi connectivity index (χ2n) is 6.53. The van der Waals surface area contributed by atoms with Crippen LogP contribution in [-0.4, -0.2) is 36.9 Å². The maximum Gasteiger partial charge on any atom is 0.348 e. The van der Waals surface area contributed by atoms with Crippen molar-refractivity contribution in [3.8, 4) is 11.5 Å². The van der Waals surface area contributed by atoms with E-state index in [4.69, 9.17) is 42.5 Å². The summed E-state index contributed by atoms with van der Waals surface area (Å²) >= 11 is 13.9. The van der Waals surface area contributed by atoms with Crippen LogP contribution in [0.25, 0.3) is 0 Å². The van der Waals surface area contributed by atoms with Crippen molar-refractivity contribution in [1.29, 1.82) is 0 Å². The number of rotatable bonds is 9. The summed E-state index contributed by atoms with van der Waals surface area (Å²) in [6, 6.07) is 8.80. The Hall–Kier alpha value is -2.32. The molecule has 2 aromatic heterocycles. The molecule has 1 aromatic carbocycles. The van der Waals surface area contributed by atoms with Crippen LogP contribution in [0.5, 0.6) is 11.5 Å². The highest BCUT2D eigenvalue weighted by atomic mass is 35.5. The first-order chi connectivity index (χ1) is 15.0. The molecule has 0 amide bonds. The summed E-state index contributed by atoms with van der Waals surface area (Å²) in [5, 5.41) is 9.88. The number of nitrogens with zero attached hydrogens (tertiary/aromatic N) is 1. The summed E-state index contributed by atoms with van der Waals surface area (Å²) in [4.78, 5) is 18.2. The molecule has 0 bridgehead atoms. The number of benzene rings is 1. The minimum Gasteiger partial charge on any atom is -0.493 e. The fourth-order valence-corrected chi connectivity index (χ4v) is 4.42. The first-order valence-corrected chi connectivity index (χ1v) is 10.9. The van der Waals surface area contributed by atoms with E-state index in [1.807, 2.05) is 0 Å². The lowest BCUT2D eigenvalue weighted by Gasteiger charge is -2.20. The second-order valence-corrected chi connectivity index (χ2v) is 8.52. The Kier molecular flexibility index (Phi) is 8.15. The van der Waals surface area contributed by atoms with Gasteiger partial charge in [-0.2, -0.15) is 0 Å². The minimum atomic E-state index is -0.687. The molecule has 1 atom stereocenters. The van der Waals surface area contributed by atoms with Gasteiger partial charge in [0.15, 0.2) is 11.5 Å². The molecular formula is C22H21Cl2NO5S. The molecule has 0 unspecified atom stereocenters. The van der Waals surface area contributed by atoms with Crippen molar-refractivity contribution in [2.45, 2.75) is 18.9 Å². The summed E-state index contributed by atoms with van der Waals surface area (Å²) in [5.74, 6) is 0.591. The first-order valence-electron chi connectivity index (χ1n) is 9.37. The zero-order chi connectivity index (χ0) is 22.4. The van der Waals surface area contributed by atoms with E-state index in [1.54, 1.807) is 37.4 Å². The number of aliphatic hydroxyl groups excluding tert-OH is 1. The summed E-state index contributed by atoms with van der Waals surface area (Å²) in [6.07, 6.45) is 3.04. The Balaban J connectivity index is 1.94. The lowest BCUT2D eigenvalue weighted by Crippen LogP contribution is -2.14. The van der Waals surface area contributed by atoms with E-state index in [0.717, 1.165) is 4.88 Å². The van der Waals surface area contributed by atoms with E-state index in [-0.39, 0.29) is 13.0 Å². The van der Waals surface area contributed by atoms with Crippen LogP contribution in [0.4, 0.5) is 0 Å². The van der Waals surface area contributed by atoms with Gasteiger partial charge >= 0.3 is 5.97 Å². The van der Waals surface area contributed by atoms with Crippen LogP contribution in [0.15, 0.2) is 42.7 Å². The molecule has 0 fully saturated rings. The summed E-state index contributed by atoms with van der Waals surface area (Å²) < 4.78 is 16.6. The Morgan fingerprint density at radius 3 is 2.45 bits per heavy atom. The molecule has 3 rings (SSSR count). The van der Waals surface area contributed by atoms with E-state index < -0.39 is 12.1 Å². The number of hydrogen-bond donors (Lipinski definition) is 1. The zero-order valence-corrected chi connectivity index (χ0v) is 19.3. The van der Waals surface area contributed by atoms with Gasteiger partial charge in [0.05, 0.1) is 24.3 Å². The quantitative estimate of drug-likeness (QED) is 0.426. The molecule has 0 saturated carbocycles. The average Bonchev–Trinajstić information content (AvgIpc) is 3.24. The lowest BCUT2D eigenvalue weighted by molar-refractivity contribution is 0.0303. The molecule has 0 aliphatic carbocycles. The van der Waals surface area contributed by atoms with Gasteiger partial charge in [-0.25, -0.2) is 4.79 Å². The zero-order valence-electron chi connectivity index (χ0n) is 16.9. The predicted molar refractivity (Wildman–Crippen MR) is 121 cm³/mol. The monoisotopic (exact) mass is 481 g/mol. The summed E-state index contributed by atoms with van der Waals surface area (Å²) in [5.41, 5.74) is 1.32. The molecular weight excluding hydrogens is 461 g/mol. The van der Waals surface area contributed by atoms with Crippen LogP contribution in [-0.2, 0) is 17.6 Å². The minimum absolute atomic E-state index is 0.0162. The molecule has 0 radical (unpaired) electrons. The number of halogens is 2. The Morgan fingerprint density at radius 2 is 1.81 bits per heavy atom. The van der Waals surface area contributed by atoms with Gasteiger partial charge in [0.25, 0.3) is 0 Å². The van der Waals surface area contributed by atoms with Crippen molar-refractivity contribution < 1.29 is 24.1 Å². The molecule has 3 aromatic rings. The molecule has 0 aliphatic heterocycles. The highest BCUT2D eigenvalue weighted by molar-refractivity contribution is 7.13. The largest absolute Gasteiger partial charge is 0.493 e. The van der Waals surface area contributed by atoms with Gasteiger partial charge in [-0.15, -0.1) is 11.3 Å². The predicted octanol–water partition coefficient (Wildman–Crippen LogP) is 5.14. The molecule has 2 heterocycles. The second kappa shape index (κ2) is 10.8. The number of esters is 1. The molecule has 6 nitrogen and oxygen atoms in total. The Labute approximate surface area is 194 Å². The fraction of sp³-hybridized carbons (Fsp3) is 0.273. The molecule has 1 N–H and O–H groups in total. The molecule has 9 heteroatoms. The first kappa shape index (κ1) is 23.3. The van der Waals surface area contributed by atoms with Crippen LogP contribution >= 0.6 is 34.5 Å². The Morgan fingerprint density at radius 1 is 1.10 bits per heavy atom. The number of pyridine rings is 1. The van der Waals surface area contributed by atoms with Crippen molar-refractivity contribution in [2.75, 3.05) is 20.8 Å². The van der Waals surface area contributed by atoms with Crippen LogP contribution in [0.3, 0.4) is 0 Å². The van der Waals surface area contributed by atoms with Gasteiger partial charge in [-0.05, 0) is 35.4 Å². The summed E-state index contributed by atoms with van der Waals surface area (Å²) in [7, 11) is 3.08. The van der Waals surface area contributed by atoms with Gasteiger partial charge < -0.3 is 19.3 Å². The highest BCUT2D eigenvalue weighted by Crippen LogP contribution is 2.35. The van der Waals surface area contributed by atoms with Crippen molar-refractivity contribution in [2.24, 2.45) is 0 Å². The molecule has 31 heavy (non-hydrogen) atoms. The van der Waals surface area contributed by atoms with Crippen molar-refractivity contribution in [3.05, 3.63) is 73.7 Å². The number of carbonyl (C=O) groups excluding carboxylic acids is 1. The van der Waals surface area contributed by atoms with Crippen LogP contribution in [0, 0.1) is 0 Å². The van der Waals surface area contributed by atoms with Crippen LogP contribution in [0.1, 0.15) is 31.8 Å². The van der Waals surface area contributed by atoms with Crippen LogP contribution < -0.4 is 9.47 Å². The maximum absolute atomic E-state index is 12.9.